The van der Waals surface area contributed by atoms with E-state index >= 15 is 0 Å². The first-order chi connectivity index (χ1) is 7.66. The van der Waals surface area contributed by atoms with Gasteiger partial charge in [-0.2, -0.15) is 0 Å². The van der Waals surface area contributed by atoms with Crippen LogP contribution in [0.25, 0.3) is 0 Å². The van der Waals surface area contributed by atoms with Crippen molar-refractivity contribution < 1.29 is 0 Å². The van der Waals surface area contributed by atoms with Crippen molar-refractivity contribution in [3.63, 3.8) is 0 Å². The van der Waals surface area contributed by atoms with Gasteiger partial charge in [-0.15, -0.1) is 0 Å². The van der Waals surface area contributed by atoms with Crippen LogP contribution in [0.1, 0.15) is 29.9 Å². The van der Waals surface area contributed by atoms with E-state index in [0.29, 0.717) is 0 Å². The summed E-state index contributed by atoms with van der Waals surface area (Å²) in [5.74, 6) is 0. The van der Waals surface area contributed by atoms with Crippen molar-refractivity contribution in [1.82, 2.24) is 14.5 Å². The van der Waals surface area contributed by atoms with E-state index < -0.39 is 0 Å². The number of rotatable bonds is 3. The Morgan fingerprint density at radius 2 is 2.19 bits per heavy atom. The fourth-order valence-corrected chi connectivity index (χ4v) is 1.63. The van der Waals surface area contributed by atoms with Gasteiger partial charge in [0.25, 0.3) is 0 Å². The quantitative estimate of drug-likeness (QED) is 0.848. The molecular formula is C12H16N4. The van der Waals surface area contributed by atoms with E-state index in [2.05, 4.69) is 20.6 Å². The lowest BCUT2D eigenvalue weighted by atomic mass is 10.2. The zero-order valence-electron chi connectivity index (χ0n) is 9.59. The molecule has 0 radical (unpaired) electrons. The molecule has 2 heterocycles. The first kappa shape index (κ1) is 10.8. The molecule has 2 aromatic heterocycles. The van der Waals surface area contributed by atoms with Crippen molar-refractivity contribution in [2.24, 2.45) is 5.73 Å². The van der Waals surface area contributed by atoms with Crippen LogP contribution in [-0.2, 0) is 6.54 Å². The summed E-state index contributed by atoms with van der Waals surface area (Å²) in [5, 5.41) is 0. The Balaban J connectivity index is 2.20. The highest BCUT2D eigenvalue weighted by Gasteiger charge is 2.06. The fraction of sp³-hybridized carbons (Fsp3) is 0.333. The minimum Gasteiger partial charge on any atom is -0.329 e. The summed E-state index contributed by atoms with van der Waals surface area (Å²) in [5.41, 5.74) is 9.09. The lowest BCUT2D eigenvalue weighted by molar-refractivity contribution is 0.673. The van der Waals surface area contributed by atoms with Crippen molar-refractivity contribution in [1.29, 1.82) is 0 Å². The van der Waals surface area contributed by atoms with Gasteiger partial charge in [0.15, 0.2) is 0 Å². The third kappa shape index (κ3) is 2.28. The highest BCUT2D eigenvalue weighted by molar-refractivity contribution is 5.15. The summed E-state index contributed by atoms with van der Waals surface area (Å²) >= 11 is 0. The zero-order chi connectivity index (χ0) is 11.5. The summed E-state index contributed by atoms with van der Waals surface area (Å²) < 4.78 is 2.05. The van der Waals surface area contributed by atoms with Crippen LogP contribution in [-0.4, -0.2) is 14.5 Å². The molecule has 2 aromatic rings. The molecule has 0 aliphatic carbocycles. The van der Waals surface area contributed by atoms with Gasteiger partial charge in [0, 0.05) is 24.1 Å². The number of imidazole rings is 1. The van der Waals surface area contributed by atoms with E-state index in [-0.39, 0.29) is 6.04 Å². The topological polar surface area (TPSA) is 56.7 Å². The van der Waals surface area contributed by atoms with Gasteiger partial charge in [-0.25, -0.2) is 4.98 Å². The van der Waals surface area contributed by atoms with E-state index in [1.165, 1.54) is 0 Å². The molecule has 0 bridgehead atoms. The second-order valence-corrected chi connectivity index (χ2v) is 4.04. The minimum absolute atomic E-state index is 0.000840. The first-order valence-corrected chi connectivity index (χ1v) is 5.34. The Hall–Kier alpha value is -1.68. The first-order valence-electron chi connectivity index (χ1n) is 5.34. The van der Waals surface area contributed by atoms with E-state index in [1.807, 2.05) is 32.3 Å². The molecule has 0 aliphatic rings. The summed E-state index contributed by atoms with van der Waals surface area (Å²) in [6, 6.07) is 4.09. The Kier molecular flexibility index (Phi) is 3.01. The number of nitrogens with zero attached hydrogens (tertiary/aromatic N) is 3. The third-order valence-corrected chi connectivity index (χ3v) is 2.54. The van der Waals surface area contributed by atoms with Crippen LogP contribution in [0.5, 0.6) is 0 Å². The lowest BCUT2D eigenvalue weighted by Gasteiger charge is -2.10. The maximum absolute atomic E-state index is 5.86. The largest absolute Gasteiger partial charge is 0.329 e. The number of aromatic nitrogens is 3. The van der Waals surface area contributed by atoms with Crippen LogP contribution >= 0.6 is 0 Å². The molecule has 0 aromatic carbocycles. The molecule has 2 rings (SSSR count). The molecule has 2 N–H and O–H groups in total. The third-order valence-electron chi connectivity index (χ3n) is 2.54. The van der Waals surface area contributed by atoms with Crippen LogP contribution in [0.2, 0.25) is 0 Å². The van der Waals surface area contributed by atoms with Gasteiger partial charge < -0.3 is 10.3 Å². The molecule has 0 aliphatic heterocycles. The molecule has 4 heteroatoms. The normalized spacial score (nSPS) is 12.7. The summed E-state index contributed by atoms with van der Waals surface area (Å²) in [7, 11) is 0. The molecule has 4 nitrogen and oxygen atoms in total. The predicted octanol–water partition coefficient (Wildman–Crippen LogP) is 1.65. The van der Waals surface area contributed by atoms with E-state index in [0.717, 1.165) is 23.5 Å². The summed E-state index contributed by atoms with van der Waals surface area (Å²) in [6.45, 7) is 4.71. The monoisotopic (exact) mass is 216 g/mol. The van der Waals surface area contributed by atoms with Gasteiger partial charge in [0.05, 0.1) is 18.6 Å². The Bertz CT molecular complexity index is 456. The van der Waals surface area contributed by atoms with Crippen molar-refractivity contribution in [2.45, 2.75) is 26.4 Å². The molecule has 0 spiro atoms. The molecule has 0 unspecified atom stereocenters. The number of aryl methyl sites for hydroxylation is 1. The van der Waals surface area contributed by atoms with E-state index in [9.17, 15) is 0 Å². The predicted molar refractivity (Wildman–Crippen MR) is 62.9 cm³/mol. The highest BCUT2D eigenvalue weighted by atomic mass is 15.1. The zero-order valence-corrected chi connectivity index (χ0v) is 9.59. The summed E-state index contributed by atoms with van der Waals surface area (Å²) in [6.07, 6.45) is 5.51. The van der Waals surface area contributed by atoms with E-state index in [4.69, 9.17) is 5.73 Å². The number of hydrogen-bond donors (Lipinski definition) is 1. The van der Waals surface area contributed by atoms with Crippen LogP contribution < -0.4 is 5.73 Å². The van der Waals surface area contributed by atoms with E-state index in [1.54, 1.807) is 6.33 Å². The van der Waals surface area contributed by atoms with Crippen LogP contribution in [0.15, 0.2) is 30.9 Å². The SMILES string of the molecule is Cc1ccc(Cn2cncc2[C@H](C)N)cn1. The standard InChI is InChI=1S/C12H16N4/c1-9-3-4-11(5-15-9)7-16-8-14-6-12(16)10(2)13/h3-6,8,10H,7,13H2,1-2H3/t10-/m0/s1. The van der Waals surface area contributed by atoms with Gasteiger partial charge in [0.2, 0.25) is 0 Å². The average Bonchev–Trinajstić information content (AvgIpc) is 2.69. The van der Waals surface area contributed by atoms with Gasteiger partial charge in [-0.3, -0.25) is 4.98 Å². The molecular weight excluding hydrogens is 200 g/mol. The maximum atomic E-state index is 5.86. The van der Waals surface area contributed by atoms with Gasteiger partial charge in [0.1, 0.15) is 0 Å². The molecule has 0 saturated carbocycles. The molecule has 0 saturated heterocycles. The molecule has 0 amide bonds. The Morgan fingerprint density at radius 1 is 1.38 bits per heavy atom. The minimum atomic E-state index is 0.000840. The smallest absolute Gasteiger partial charge is 0.0951 e. The number of hydrogen-bond acceptors (Lipinski definition) is 3. The Labute approximate surface area is 95.1 Å². The van der Waals surface area contributed by atoms with Crippen LogP contribution in [0.3, 0.4) is 0 Å². The van der Waals surface area contributed by atoms with Crippen molar-refractivity contribution >= 4 is 0 Å². The fourth-order valence-electron chi connectivity index (χ4n) is 1.63. The lowest BCUT2D eigenvalue weighted by Crippen LogP contribution is -2.12. The second-order valence-electron chi connectivity index (χ2n) is 4.04. The molecule has 16 heavy (non-hydrogen) atoms. The van der Waals surface area contributed by atoms with Crippen molar-refractivity contribution in [2.75, 3.05) is 0 Å². The average molecular weight is 216 g/mol. The van der Waals surface area contributed by atoms with Gasteiger partial charge in [-0.05, 0) is 25.5 Å². The Morgan fingerprint density at radius 3 is 2.81 bits per heavy atom. The second kappa shape index (κ2) is 4.45. The van der Waals surface area contributed by atoms with Gasteiger partial charge >= 0.3 is 0 Å². The molecule has 84 valence electrons. The molecule has 0 fully saturated rings. The number of nitrogens with two attached hydrogens (primary N) is 1. The highest BCUT2D eigenvalue weighted by Crippen LogP contribution is 2.11. The van der Waals surface area contributed by atoms with Crippen molar-refractivity contribution in [3.8, 4) is 0 Å². The van der Waals surface area contributed by atoms with Crippen LogP contribution in [0, 0.1) is 6.92 Å². The van der Waals surface area contributed by atoms with Crippen LogP contribution in [0.4, 0.5) is 0 Å². The maximum Gasteiger partial charge on any atom is 0.0951 e. The number of pyridine rings is 1. The molecule has 1 atom stereocenters. The summed E-state index contributed by atoms with van der Waals surface area (Å²) in [4.78, 5) is 8.39. The van der Waals surface area contributed by atoms with Crippen molar-refractivity contribution in [3.05, 3.63) is 47.8 Å². The van der Waals surface area contributed by atoms with Gasteiger partial charge in [-0.1, -0.05) is 6.07 Å².